The second-order valence-electron chi connectivity index (χ2n) is 7.60. The molecule has 2 amide bonds. The average Bonchev–Trinajstić information content (AvgIpc) is 2.42. The molecule has 5 nitrogen and oxygen atoms in total. The van der Waals surface area contributed by atoms with Crippen LogP contribution in [0.15, 0.2) is 17.0 Å². The highest BCUT2D eigenvalue weighted by molar-refractivity contribution is 7.97. The Labute approximate surface area is 170 Å². The Morgan fingerprint density at radius 3 is 1.92 bits per heavy atom. The largest absolute Gasteiger partial charge is 0.443 e. The van der Waals surface area contributed by atoms with E-state index in [-0.39, 0.29) is 0 Å². The summed E-state index contributed by atoms with van der Waals surface area (Å²) in [6.07, 6.45) is 0.228. The molecule has 145 valence electrons. The molecule has 0 atom stereocenters. The van der Waals surface area contributed by atoms with Gasteiger partial charge in [-0.05, 0) is 59.9 Å². The Hall–Kier alpha value is -1.18. The number of carbonyl (C=O) groups is 2. The monoisotopic (exact) mass is 418 g/mol. The van der Waals surface area contributed by atoms with E-state index in [1.54, 1.807) is 53.7 Å². The maximum absolute atomic E-state index is 12.8. The van der Waals surface area contributed by atoms with E-state index in [1.165, 1.54) is 11.8 Å². The lowest BCUT2D eigenvalue weighted by Crippen LogP contribution is -2.44. The van der Waals surface area contributed by atoms with Gasteiger partial charge in [0, 0.05) is 11.3 Å². The first-order valence-electron chi connectivity index (χ1n) is 8.00. The third-order valence-corrected chi connectivity index (χ3v) is 4.33. The van der Waals surface area contributed by atoms with Crippen LogP contribution in [0.25, 0.3) is 0 Å². The predicted octanol–water partition coefficient (Wildman–Crippen LogP) is 6.44. The number of rotatable bonds is 3. The number of imide groups is 1. The molecule has 1 rings (SSSR count). The molecule has 0 N–H and O–H groups in total. The number of ether oxygens (including phenoxy) is 2. The van der Waals surface area contributed by atoms with Crippen molar-refractivity contribution < 1.29 is 19.1 Å². The summed E-state index contributed by atoms with van der Waals surface area (Å²) in [5.41, 5.74) is -0.665. The second kappa shape index (κ2) is 8.67. The van der Waals surface area contributed by atoms with Gasteiger partial charge in [0.2, 0.25) is 0 Å². The summed E-state index contributed by atoms with van der Waals surface area (Å²) >= 11 is 13.1. The predicted molar refractivity (Wildman–Crippen MR) is 109 cm³/mol. The van der Waals surface area contributed by atoms with Crippen LogP contribution in [0.3, 0.4) is 0 Å². The number of nitrogens with zero attached hydrogens (tertiary/aromatic N) is 1. The summed E-state index contributed by atoms with van der Waals surface area (Å²) in [6, 6.07) is 3.17. The molecule has 0 aliphatic rings. The van der Waals surface area contributed by atoms with Crippen LogP contribution in [0, 0.1) is 0 Å². The van der Waals surface area contributed by atoms with Gasteiger partial charge in [0.25, 0.3) is 0 Å². The van der Waals surface area contributed by atoms with Crippen molar-refractivity contribution in [2.24, 2.45) is 0 Å². The average molecular weight is 419 g/mol. The molecule has 0 saturated heterocycles. The van der Waals surface area contributed by atoms with Crippen molar-refractivity contribution in [2.45, 2.75) is 63.4 Å². The van der Waals surface area contributed by atoms with Crippen molar-refractivity contribution in [2.75, 3.05) is 11.2 Å². The second-order valence-corrected chi connectivity index (χ2v) is 9.29. The van der Waals surface area contributed by atoms with Crippen LogP contribution in [-0.2, 0) is 15.2 Å². The molecule has 0 fully saturated rings. The maximum atomic E-state index is 12.8. The van der Waals surface area contributed by atoms with Crippen LogP contribution in [-0.4, -0.2) is 29.6 Å². The Kier molecular flexibility index (Phi) is 7.62. The number of hydrogen-bond donors (Lipinski definition) is 0. The first-order valence-corrected chi connectivity index (χ1v) is 10.2. The number of anilines is 1. The van der Waals surface area contributed by atoms with Crippen LogP contribution in [0.5, 0.6) is 0 Å². The third-order valence-electron chi connectivity index (χ3n) is 2.86. The van der Waals surface area contributed by atoms with Crippen LogP contribution < -0.4 is 4.90 Å². The number of hydrogen-bond acceptors (Lipinski definition) is 5. The Morgan fingerprint density at radius 1 is 1.08 bits per heavy atom. The zero-order valence-electron chi connectivity index (χ0n) is 16.1. The standard InChI is InChI=1S/C18H25ClNO4S2/c1-17(2,3)23-15(21)20(16(22)24-18(4,5)6)12-8-9-13(25)14(19)11(12)10-26-7/h8-9H,10H2,1-7H3. The molecule has 0 saturated carbocycles. The van der Waals surface area contributed by atoms with Gasteiger partial charge >= 0.3 is 12.2 Å². The molecule has 1 radical (unpaired) electrons. The minimum absolute atomic E-state index is 0.307. The number of amides is 2. The van der Waals surface area contributed by atoms with E-state index < -0.39 is 23.4 Å². The molecule has 0 spiro atoms. The first kappa shape index (κ1) is 22.9. The van der Waals surface area contributed by atoms with E-state index >= 15 is 0 Å². The fraction of sp³-hybridized carbons (Fsp3) is 0.556. The Morgan fingerprint density at radius 2 is 1.54 bits per heavy atom. The van der Waals surface area contributed by atoms with Gasteiger partial charge in [0.1, 0.15) is 11.2 Å². The molecule has 0 aliphatic carbocycles. The van der Waals surface area contributed by atoms with Crippen LogP contribution in [0.2, 0.25) is 5.02 Å². The smallest absolute Gasteiger partial charge is 0.424 e. The van der Waals surface area contributed by atoms with Crippen LogP contribution >= 0.6 is 36.0 Å². The quantitative estimate of drug-likeness (QED) is 0.565. The van der Waals surface area contributed by atoms with E-state index in [4.69, 9.17) is 33.7 Å². The van der Waals surface area contributed by atoms with Gasteiger partial charge in [-0.3, -0.25) is 0 Å². The van der Waals surface area contributed by atoms with Gasteiger partial charge in [-0.15, -0.1) is 0 Å². The normalized spacial score (nSPS) is 11.8. The van der Waals surface area contributed by atoms with E-state index in [0.717, 1.165) is 4.90 Å². The molecule has 26 heavy (non-hydrogen) atoms. The van der Waals surface area contributed by atoms with Gasteiger partial charge in [0.15, 0.2) is 0 Å². The van der Waals surface area contributed by atoms with Gasteiger partial charge < -0.3 is 9.47 Å². The van der Waals surface area contributed by atoms with Crippen molar-refractivity contribution in [3.05, 3.63) is 22.7 Å². The molecule has 1 aromatic rings. The summed E-state index contributed by atoms with van der Waals surface area (Å²) in [5.74, 6) is 0.473. The van der Waals surface area contributed by atoms with Crippen molar-refractivity contribution in [1.29, 1.82) is 0 Å². The third kappa shape index (κ3) is 6.52. The van der Waals surface area contributed by atoms with Crippen molar-refractivity contribution in [1.82, 2.24) is 0 Å². The van der Waals surface area contributed by atoms with Crippen molar-refractivity contribution in [3.63, 3.8) is 0 Å². The Bertz CT molecular complexity index is 653. The molecular weight excluding hydrogens is 394 g/mol. The molecule has 0 heterocycles. The molecule has 0 aromatic heterocycles. The number of carbonyl (C=O) groups excluding carboxylic acids is 2. The van der Waals surface area contributed by atoms with E-state index in [0.29, 0.717) is 26.9 Å². The Balaban J connectivity index is 3.48. The van der Waals surface area contributed by atoms with E-state index in [1.807, 2.05) is 6.26 Å². The fourth-order valence-electron chi connectivity index (χ4n) is 1.97. The zero-order valence-corrected chi connectivity index (χ0v) is 18.5. The highest BCUT2D eigenvalue weighted by Gasteiger charge is 2.34. The molecule has 1 aromatic carbocycles. The van der Waals surface area contributed by atoms with Gasteiger partial charge in [-0.2, -0.15) is 16.7 Å². The van der Waals surface area contributed by atoms with Gasteiger partial charge in [-0.1, -0.05) is 24.2 Å². The minimum Gasteiger partial charge on any atom is -0.443 e. The lowest BCUT2D eigenvalue weighted by molar-refractivity contribution is 0.0430. The van der Waals surface area contributed by atoms with Crippen molar-refractivity contribution >= 4 is 53.9 Å². The van der Waals surface area contributed by atoms with E-state index in [2.05, 4.69) is 0 Å². The first-order chi connectivity index (χ1) is 11.8. The lowest BCUT2D eigenvalue weighted by atomic mass is 10.1. The summed E-state index contributed by atoms with van der Waals surface area (Å²) in [6.45, 7) is 10.3. The number of benzene rings is 1. The van der Waals surface area contributed by atoms with Gasteiger partial charge in [-0.25, -0.2) is 9.59 Å². The number of thioether (sulfide) groups is 1. The maximum Gasteiger partial charge on any atom is 0.424 e. The zero-order chi connectivity index (χ0) is 20.3. The minimum atomic E-state index is -0.831. The molecule has 0 bridgehead atoms. The SMILES string of the molecule is CSCc1c(N(C(=O)OC(C)(C)C)C(=O)OC(C)(C)C)ccc([S])c1Cl. The van der Waals surface area contributed by atoms with E-state index in [9.17, 15) is 9.59 Å². The van der Waals surface area contributed by atoms with Crippen molar-refractivity contribution in [3.8, 4) is 0 Å². The summed E-state index contributed by atoms with van der Waals surface area (Å²) < 4.78 is 10.8. The van der Waals surface area contributed by atoms with Crippen LogP contribution in [0.1, 0.15) is 47.1 Å². The van der Waals surface area contributed by atoms with Gasteiger partial charge in [0.05, 0.1) is 15.6 Å². The molecule has 0 unspecified atom stereocenters. The summed E-state index contributed by atoms with van der Waals surface area (Å²) in [5, 5.41) is 0.337. The topological polar surface area (TPSA) is 55.8 Å². The summed E-state index contributed by atoms with van der Waals surface area (Å²) in [4.78, 5) is 26.9. The highest BCUT2D eigenvalue weighted by atomic mass is 35.5. The number of halogens is 1. The fourth-order valence-corrected chi connectivity index (χ4v) is 3.05. The summed E-state index contributed by atoms with van der Waals surface area (Å²) in [7, 11) is 0. The molecular formula is C18H25ClNO4S2. The lowest BCUT2D eigenvalue weighted by Gasteiger charge is -2.30. The van der Waals surface area contributed by atoms with Crippen LogP contribution in [0.4, 0.5) is 15.3 Å². The molecule has 8 heteroatoms. The highest BCUT2D eigenvalue weighted by Crippen LogP contribution is 2.36. The molecule has 0 aliphatic heterocycles.